The quantitative estimate of drug-likeness (QED) is 0.0979. The highest BCUT2D eigenvalue weighted by molar-refractivity contribution is 6.17. The molecule has 6 aromatic heterocycles. The van der Waals surface area contributed by atoms with Gasteiger partial charge in [-0.05, 0) is 270 Å². The van der Waals surface area contributed by atoms with Gasteiger partial charge in [0.1, 0.15) is 0 Å². The molecule has 702 valence electrons. The Kier molecular flexibility index (Phi) is 21.9. The number of aromatic nitrogens is 6. The van der Waals surface area contributed by atoms with Crippen LogP contribution in [0.1, 0.15) is 0 Å². The van der Waals surface area contributed by atoms with Crippen molar-refractivity contribution in [2.24, 2.45) is 0 Å². The number of fused-ring (bicyclic) bond motifs is 18. The zero-order chi connectivity index (χ0) is 99.1. The molecule has 0 saturated carbocycles. The Morgan fingerprint density at radius 3 is 0.480 bits per heavy atom. The van der Waals surface area contributed by atoms with E-state index in [0.29, 0.717) is 0 Å². The predicted molar refractivity (Wildman–Crippen MR) is 634 cm³/mol. The first-order valence-electron chi connectivity index (χ1n) is 51.6. The van der Waals surface area contributed by atoms with E-state index in [1.165, 1.54) is 231 Å². The molecule has 0 radical (unpaired) electrons. The van der Waals surface area contributed by atoms with Gasteiger partial charge in [-0.3, -0.25) is 0 Å². The third-order valence-corrected chi connectivity index (χ3v) is 30.4. The Bertz CT molecular complexity index is 10400. The highest BCUT2D eigenvalue weighted by atomic mass is 15.0. The van der Waals surface area contributed by atoms with E-state index in [1.54, 1.807) is 0 Å². The second-order valence-corrected chi connectivity index (χ2v) is 39.0. The van der Waals surface area contributed by atoms with Crippen LogP contribution in [0.3, 0.4) is 0 Å². The minimum Gasteiger partial charge on any atom is -0.309 e. The molecule has 0 spiro atoms. The van der Waals surface area contributed by atoms with Gasteiger partial charge in [0.25, 0.3) is 0 Å². The molecule has 0 bridgehead atoms. The summed E-state index contributed by atoms with van der Waals surface area (Å²) in [6, 6.07) is 211. The van der Waals surface area contributed by atoms with Gasteiger partial charge in [-0.2, -0.15) is 0 Å². The maximum atomic E-state index is 2.42. The highest BCUT2D eigenvalue weighted by Crippen LogP contribution is 2.46. The van der Waals surface area contributed by atoms with Gasteiger partial charge in [-0.25, -0.2) is 0 Å². The minimum atomic E-state index is 1.16. The molecule has 150 heavy (non-hydrogen) atoms. The van der Waals surface area contributed by atoms with Gasteiger partial charge in [0.2, 0.25) is 0 Å². The molecule has 24 aromatic carbocycles. The molecule has 0 saturated heterocycles. The predicted octanol–water partition coefficient (Wildman–Crippen LogP) is 38.6. The number of nitrogens with zero attached hydrogens (tertiary/aromatic N) is 6. The fourth-order valence-electron chi connectivity index (χ4n) is 23.2. The Morgan fingerprint density at radius 1 is 0.0733 bits per heavy atom. The van der Waals surface area contributed by atoms with E-state index in [9.17, 15) is 0 Å². The molecule has 6 nitrogen and oxygen atoms in total. The van der Waals surface area contributed by atoms with E-state index >= 15 is 0 Å². The number of benzene rings is 24. The summed E-state index contributed by atoms with van der Waals surface area (Å²) in [5.41, 5.74) is 43.3. The molecule has 0 aliphatic rings. The lowest BCUT2D eigenvalue weighted by atomic mass is 10.0. The van der Waals surface area contributed by atoms with Crippen LogP contribution >= 0.6 is 0 Å². The number of para-hydroxylation sites is 6. The van der Waals surface area contributed by atoms with Crippen molar-refractivity contribution < 1.29 is 0 Å². The van der Waals surface area contributed by atoms with Crippen molar-refractivity contribution >= 4 is 131 Å². The third-order valence-electron chi connectivity index (χ3n) is 30.4. The molecule has 6 heterocycles. The average molecular weight is 1910 g/mol. The summed E-state index contributed by atoms with van der Waals surface area (Å²) in [6.45, 7) is 0. The molecule has 0 amide bonds. The Morgan fingerprint density at radius 2 is 0.227 bits per heavy atom. The van der Waals surface area contributed by atoms with E-state index in [4.69, 9.17) is 0 Å². The van der Waals surface area contributed by atoms with Crippen molar-refractivity contribution in [2.75, 3.05) is 0 Å². The molecule has 0 N–H and O–H groups in total. The topological polar surface area (TPSA) is 29.6 Å². The van der Waals surface area contributed by atoms with Gasteiger partial charge in [0.05, 0.1) is 66.2 Å². The summed E-state index contributed by atoms with van der Waals surface area (Å²) in [4.78, 5) is 0. The van der Waals surface area contributed by atoms with Crippen molar-refractivity contribution in [1.29, 1.82) is 0 Å². The summed E-state index contributed by atoms with van der Waals surface area (Å²) < 4.78 is 14.4. The fourth-order valence-corrected chi connectivity index (χ4v) is 23.2. The standard InChI is InChI=1S/3C48H32N2/c1-3-12-33(13-4-1)35-22-26-39(27-23-35)49-46-21-10-8-19-42(46)44-31-37(25-29-47(44)49)38-24-28-43-41-18-7-9-20-45(41)50(48(43)32-38)40-17-11-16-36(30-40)34-14-5-2-6-15-34;1-3-12-33(13-4-1)35-22-26-39(27-23-35)49-45-20-9-7-18-41(45)43-31-37(24-28-47(43)49)38-25-29-48-44(32-38)42-19-8-10-21-46(42)50(48)40-17-11-16-36(30-40)34-14-5-2-6-15-34;1-3-11-33(12-4-1)35-19-25-39(26-20-35)49-46-18-10-8-16-42(46)44-31-37(24-30-47(44)49)38-23-29-43-41-15-7-9-17-45(41)50(48(43)32-38)40-27-21-36(22-28-40)34-13-5-2-6-14-34/h3*1-32H. The van der Waals surface area contributed by atoms with Crippen LogP contribution in [-0.2, 0) is 0 Å². The van der Waals surface area contributed by atoms with Crippen LogP contribution < -0.4 is 0 Å². The van der Waals surface area contributed by atoms with Crippen molar-refractivity contribution in [3.63, 3.8) is 0 Å². The maximum Gasteiger partial charge on any atom is 0.0547 e. The van der Waals surface area contributed by atoms with E-state index < -0.39 is 0 Å². The summed E-state index contributed by atoms with van der Waals surface area (Å²) in [5, 5.41) is 15.1. The van der Waals surface area contributed by atoms with Crippen molar-refractivity contribution in [1.82, 2.24) is 27.4 Å². The first kappa shape index (κ1) is 87.8. The molecular formula is C144H96N6. The van der Waals surface area contributed by atoms with Crippen LogP contribution in [0, 0.1) is 0 Å². The normalized spacial score (nSPS) is 11.6. The summed E-state index contributed by atoms with van der Waals surface area (Å²) in [6.07, 6.45) is 0. The Balaban J connectivity index is 0.000000108. The van der Waals surface area contributed by atoms with Crippen molar-refractivity contribution in [2.45, 2.75) is 0 Å². The first-order valence-corrected chi connectivity index (χ1v) is 51.6. The van der Waals surface area contributed by atoms with Crippen LogP contribution in [0.5, 0.6) is 0 Å². The smallest absolute Gasteiger partial charge is 0.0547 e. The molecule has 0 fully saturated rings. The largest absolute Gasteiger partial charge is 0.309 e. The summed E-state index contributed by atoms with van der Waals surface area (Å²) in [5.74, 6) is 0. The highest BCUT2D eigenvalue weighted by Gasteiger charge is 2.24. The van der Waals surface area contributed by atoms with Gasteiger partial charge in [0.15, 0.2) is 0 Å². The second-order valence-electron chi connectivity index (χ2n) is 39.0. The Labute approximate surface area is 868 Å². The van der Waals surface area contributed by atoms with E-state index in [-0.39, 0.29) is 0 Å². The number of hydrogen-bond donors (Lipinski definition) is 0. The molecule has 0 atom stereocenters. The minimum absolute atomic E-state index is 1.16. The van der Waals surface area contributed by atoms with Crippen molar-refractivity contribution in [3.8, 4) is 134 Å². The average Bonchev–Trinajstić information content (AvgIpc) is 1.59. The molecule has 6 heteroatoms. The summed E-state index contributed by atoms with van der Waals surface area (Å²) in [7, 11) is 0. The zero-order valence-electron chi connectivity index (χ0n) is 82.1. The van der Waals surface area contributed by atoms with Gasteiger partial charge in [-0.15, -0.1) is 0 Å². The monoisotopic (exact) mass is 1910 g/mol. The first-order chi connectivity index (χ1) is 74.4. The van der Waals surface area contributed by atoms with Gasteiger partial charge in [0, 0.05) is 98.8 Å². The molecule has 30 aromatic rings. The lowest BCUT2D eigenvalue weighted by Crippen LogP contribution is -1.95. The lowest BCUT2D eigenvalue weighted by Gasteiger charge is -2.12. The molecule has 30 rings (SSSR count). The van der Waals surface area contributed by atoms with Crippen LogP contribution in [-0.4, -0.2) is 27.4 Å². The zero-order valence-corrected chi connectivity index (χ0v) is 82.1. The van der Waals surface area contributed by atoms with Gasteiger partial charge >= 0.3 is 0 Å². The molecule has 0 aliphatic heterocycles. The van der Waals surface area contributed by atoms with Crippen LogP contribution in [0.4, 0.5) is 0 Å². The maximum absolute atomic E-state index is 2.42. The molecule has 0 unspecified atom stereocenters. The van der Waals surface area contributed by atoms with Crippen molar-refractivity contribution in [3.05, 3.63) is 582 Å². The van der Waals surface area contributed by atoms with Gasteiger partial charge in [-0.1, -0.05) is 413 Å². The SMILES string of the molecule is c1ccc(-c2ccc(-n3c4ccccc4c4cc(-c5ccc6c(c5)c5ccccc5n6-c5cccc(-c6ccccc6)c5)ccc43)cc2)cc1.c1ccc(-c2ccc(-n3c4ccccc4c4cc(-c5ccc6c7ccccc7n(-c7ccc(-c8ccccc8)cc7)c6c5)ccc43)cc2)cc1.c1ccc(-c2ccc(-n3c4ccccc4c4cc(-c5ccc6c7ccccc7n(-c7cccc(-c8ccccc8)c7)c6c5)ccc43)cc2)cc1. The number of hydrogen-bond acceptors (Lipinski definition) is 0. The second kappa shape index (κ2) is 37.4. The third kappa shape index (κ3) is 15.6. The molecular weight excluding hydrogens is 1810 g/mol. The van der Waals surface area contributed by atoms with E-state index in [2.05, 4.69) is 610 Å². The lowest BCUT2D eigenvalue weighted by molar-refractivity contribution is 1.18. The fraction of sp³-hybridized carbons (Fsp3) is 0. The van der Waals surface area contributed by atoms with Crippen LogP contribution in [0.25, 0.3) is 265 Å². The van der Waals surface area contributed by atoms with Crippen LogP contribution in [0.15, 0.2) is 582 Å². The number of rotatable bonds is 15. The van der Waals surface area contributed by atoms with Crippen LogP contribution in [0.2, 0.25) is 0 Å². The Hall–Kier alpha value is -19.9. The molecule has 0 aliphatic carbocycles. The van der Waals surface area contributed by atoms with Gasteiger partial charge < -0.3 is 27.4 Å². The van der Waals surface area contributed by atoms with E-state index in [1.807, 2.05) is 0 Å². The summed E-state index contributed by atoms with van der Waals surface area (Å²) >= 11 is 0. The van der Waals surface area contributed by atoms with E-state index in [0.717, 1.165) is 34.1 Å².